The van der Waals surface area contributed by atoms with E-state index in [9.17, 15) is 0 Å². The molecule has 0 aromatic heterocycles. The van der Waals surface area contributed by atoms with Crippen molar-refractivity contribution in [2.45, 2.75) is 33.3 Å². The molecule has 0 amide bonds. The molecular formula is C17H27NO. The van der Waals surface area contributed by atoms with Gasteiger partial charge in [0.1, 0.15) is 0 Å². The summed E-state index contributed by atoms with van der Waals surface area (Å²) in [5.41, 5.74) is 2.69. The Balaban J connectivity index is 2.37. The molecule has 0 spiro atoms. The van der Waals surface area contributed by atoms with E-state index in [0.717, 1.165) is 32.5 Å². The van der Waals surface area contributed by atoms with Gasteiger partial charge in [0.2, 0.25) is 0 Å². The van der Waals surface area contributed by atoms with Crippen LogP contribution in [0.5, 0.6) is 0 Å². The summed E-state index contributed by atoms with van der Waals surface area (Å²) < 4.78 is 5.65. The van der Waals surface area contributed by atoms with Crippen LogP contribution in [0.3, 0.4) is 0 Å². The summed E-state index contributed by atoms with van der Waals surface area (Å²) in [4.78, 5) is 0. The first-order chi connectivity index (χ1) is 9.24. The van der Waals surface area contributed by atoms with E-state index in [4.69, 9.17) is 4.74 Å². The molecule has 2 heteroatoms. The van der Waals surface area contributed by atoms with Gasteiger partial charge in [-0.1, -0.05) is 44.2 Å². The van der Waals surface area contributed by atoms with Crippen molar-refractivity contribution in [3.63, 3.8) is 0 Å². The number of nitrogens with one attached hydrogen (secondary N) is 1. The quantitative estimate of drug-likeness (QED) is 0.513. The van der Waals surface area contributed by atoms with Gasteiger partial charge in [0, 0.05) is 0 Å². The molecule has 0 unspecified atom stereocenters. The predicted octanol–water partition coefficient (Wildman–Crippen LogP) is 3.57. The SMILES string of the molecule is C=CCCOCc1ccccc1CCNCC(C)C. The Hall–Kier alpha value is -1.12. The lowest BCUT2D eigenvalue weighted by atomic mass is 10.1. The van der Waals surface area contributed by atoms with Crippen molar-refractivity contribution >= 4 is 0 Å². The maximum absolute atomic E-state index is 5.65. The Morgan fingerprint density at radius 3 is 2.68 bits per heavy atom. The molecule has 1 aromatic rings. The van der Waals surface area contributed by atoms with Gasteiger partial charge in [0.15, 0.2) is 0 Å². The molecule has 19 heavy (non-hydrogen) atoms. The van der Waals surface area contributed by atoms with Gasteiger partial charge >= 0.3 is 0 Å². The zero-order valence-corrected chi connectivity index (χ0v) is 12.3. The molecule has 0 heterocycles. The fourth-order valence-corrected chi connectivity index (χ4v) is 1.90. The Kier molecular flexibility index (Phi) is 8.19. The van der Waals surface area contributed by atoms with Crippen LogP contribution in [0.15, 0.2) is 36.9 Å². The molecule has 0 saturated heterocycles. The van der Waals surface area contributed by atoms with E-state index in [2.05, 4.69) is 50.0 Å². The summed E-state index contributed by atoms with van der Waals surface area (Å²) in [6.45, 7) is 11.7. The number of hydrogen-bond acceptors (Lipinski definition) is 2. The largest absolute Gasteiger partial charge is 0.376 e. The molecule has 1 rings (SSSR count). The topological polar surface area (TPSA) is 21.3 Å². The fraction of sp³-hybridized carbons (Fsp3) is 0.529. The summed E-state index contributed by atoms with van der Waals surface area (Å²) in [5.74, 6) is 0.706. The third kappa shape index (κ3) is 7.14. The van der Waals surface area contributed by atoms with Crippen LogP contribution >= 0.6 is 0 Å². The van der Waals surface area contributed by atoms with Gasteiger partial charge in [0.05, 0.1) is 13.2 Å². The van der Waals surface area contributed by atoms with E-state index in [-0.39, 0.29) is 0 Å². The van der Waals surface area contributed by atoms with E-state index < -0.39 is 0 Å². The van der Waals surface area contributed by atoms with Crippen molar-refractivity contribution in [3.05, 3.63) is 48.0 Å². The Bertz CT molecular complexity index is 360. The van der Waals surface area contributed by atoms with E-state index in [0.29, 0.717) is 12.5 Å². The van der Waals surface area contributed by atoms with E-state index >= 15 is 0 Å². The van der Waals surface area contributed by atoms with Crippen molar-refractivity contribution in [3.8, 4) is 0 Å². The Morgan fingerprint density at radius 1 is 1.26 bits per heavy atom. The number of benzene rings is 1. The van der Waals surface area contributed by atoms with Crippen molar-refractivity contribution in [2.75, 3.05) is 19.7 Å². The highest BCUT2D eigenvalue weighted by Crippen LogP contribution is 2.11. The molecule has 0 aliphatic rings. The lowest BCUT2D eigenvalue weighted by Crippen LogP contribution is -2.22. The molecule has 106 valence electrons. The molecule has 0 radical (unpaired) electrons. The standard InChI is InChI=1S/C17H27NO/c1-4-5-12-19-14-17-9-7-6-8-16(17)10-11-18-13-15(2)3/h4,6-9,15,18H,1,5,10-14H2,2-3H3. The lowest BCUT2D eigenvalue weighted by molar-refractivity contribution is 0.125. The van der Waals surface area contributed by atoms with Gasteiger partial charge in [-0.05, 0) is 43.0 Å². The highest BCUT2D eigenvalue weighted by Gasteiger charge is 2.02. The van der Waals surface area contributed by atoms with E-state index in [1.54, 1.807) is 0 Å². The maximum atomic E-state index is 5.65. The Morgan fingerprint density at radius 2 is 2.00 bits per heavy atom. The normalized spacial score (nSPS) is 10.9. The minimum Gasteiger partial charge on any atom is -0.376 e. The third-order valence-corrected chi connectivity index (χ3v) is 2.97. The van der Waals surface area contributed by atoms with Crippen LogP contribution in [0.2, 0.25) is 0 Å². The molecular weight excluding hydrogens is 234 g/mol. The zero-order valence-electron chi connectivity index (χ0n) is 12.3. The van der Waals surface area contributed by atoms with Gasteiger partial charge in [-0.2, -0.15) is 0 Å². The molecule has 0 atom stereocenters. The second-order valence-corrected chi connectivity index (χ2v) is 5.25. The first kappa shape index (κ1) is 15.9. The van der Waals surface area contributed by atoms with Crippen molar-refractivity contribution in [1.29, 1.82) is 0 Å². The van der Waals surface area contributed by atoms with Gasteiger partial charge in [-0.3, -0.25) is 0 Å². The average molecular weight is 261 g/mol. The van der Waals surface area contributed by atoms with Crippen LogP contribution in [0.4, 0.5) is 0 Å². The van der Waals surface area contributed by atoms with Crippen LogP contribution in [0.25, 0.3) is 0 Å². The van der Waals surface area contributed by atoms with Gasteiger partial charge < -0.3 is 10.1 Å². The third-order valence-electron chi connectivity index (χ3n) is 2.97. The van der Waals surface area contributed by atoms with Gasteiger partial charge in [-0.15, -0.1) is 6.58 Å². The zero-order chi connectivity index (χ0) is 13.9. The molecule has 1 N–H and O–H groups in total. The van der Waals surface area contributed by atoms with Crippen molar-refractivity contribution in [1.82, 2.24) is 5.32 Å². The lowest BCUT2D eigenvalue weighted by Gasteiger charge is -2.11. The van der Waals surface area contributed by atoms with E-state index in [1.807, 2.05) is 6.08 Å². The minimum atomic E-state index is 0.703. The molecule has 0 bridgehead atoms. The predicted molar refractivity (Wildman–Crippen MR) is 82.3 cm³/mol. The molecule has 0 fully saturated rings. The molecule has 2 nitrogen and oxygen atoms in total. The summed E-state index contributed by atoms with van der Waals surface area (Å²) in [5, 5.41) is 3.48. The number of hydrogen-bond donors (Lipinski definition) is 1. The second-order valence-electron chi connectivity index (χ2n) is 5.25. The van der Waals surface area contributed by atoms with Crippen LogP contribution in [-0.2, 0) is 17.8 Å². The molecule has 0 saturated carbocycles. The average Bonchev–Trinajstić information content (AvgIpc) is 2.41. The maximum Gasteiger partial charge on any atom is 0.0719 e. The van der Waals surface area contributed by atoms with Crippen LogP contribution in [0, 0.1) is 5.92 Å². The summed E-state index contributed by atoms with van der Waals surface area (Å²) in [7, 11) is 0. The number of rotatable bonds is 10. The van der Waals surface area contributed by atoms with E-state index in [1.165, 1.54) is 11.1 Å². The van der Waals surface area contributed by atoms with Crippen LogP contribution in [0.1, 0.15) is 31.4 Å². The smallest absolute Gasteiger partial charge is 0.0719 e. The Labute approximate surface area is 117 Å². The molecule has 0 aliphatic carbocycles. The summed E-state index contributed by atoms with van der Waals surface area (Å²) >= 11 is 0. The summed E-state index contributed by atoms with van der Waals surface area (Å²) in [6, 6.07) is 8.54. The monoisotopic (exact) mass is 261 g/mol. The van der Waals surface area contributed by atoms with Crippen LogP contribution in [-0.4, -0.2) is 19.7 Å². The number of ether oxygens (including phenoxy) is 1. The second kappa shape index (κ2) is 9.76. The highest BCUT2D eigenvalue weighted by atomic mass is 16.5. The first-order valence-corrected chi connectivity index (χ1v) is 7.20. The van der Waals surface area contributed by atoms with Crippen molar-refractivity contribution < 1.29 is 4.74 Å². The summed E-state index contributed by atoms with van der Waals surface area (Å²) in [6.07, 6.45) is 3.87. The molecule has 0 aliphatic heterocycles. The van der Waals surface area contributed by atoms with Crippen LogP contribution < -0.4 is 5.32 Å². The van der Waals surface area contributed by atoms with Crippen molar-refractivity contribution in [2.24, 2.45) is 5.92 Å². The molecule has 1 aromatic carbocycles. The fourth-order valence-electron chi connectivity index (χ4n) is 1.90. The van der Waals surface area contributed by atoms with Gasteiger partial charge in [-0.25, -0.2) is 0 Å². The first-order valence-electron chi connectivity index (χ1n) is 7.20. The van der Waals surface area contributed by atoms with Gasteiger partial charge in [0.25, 0.3) is 0 Å². The highest BCUT2D eigenvalue weighted by molar-refractivity contribution is 5.26. The minimum absolute atomic E-state index is 0.703.